The predicted molar refractivity (Wildman–Crippen MR) is 88.8 cm³/mol. The van der Waals surface area contributed by atoms with E-state index in [2.05, 4.69) is 16.7 Å². The van der Waals surface area contributed by atoms with Crippen molar-refractivity contribution in [3.63, 3.8) is 0 Å². The van der Waals surface area contributed by atoms with Crippen molar-refractivity contribution in [1.82, 2.24) is 10.6 Å². The molecule has 2 aromatic carbocycles. The number of amides is 1. The first-order valence-electron chi connectivity index (χ1n) is 7.80. The standard InChI is InChI=1S/C19H19N3O/c20-10-11-21-18-12-17(18)15-6-8-16(9-7-15)19(23)22-13-14-4-2-1-3-5-14/h1-9,17-18,21H,11-13H2,(H,22,23)/t17-,18+/m0/s1. The van der Waals surface area contributed by atoms with Crippen molar-refractivity contribution in [2.45, 2.75) is 24.9 Å². The van der Waals surface area contributed by atoms with Crippen LogP contribution in [0.15, 0.2) is 54.6 Å². The van der Waals surface area contributed by atoms with E-state index in [1.807, 2.05) is 54.6 Å². The molecule has 2 atom stereocenters. The molecule has 1 aliphatic carbocycles. The van der Waals surface area contributed by atoms with Crippen molar-refractivity contribution in [2.75, 3.05) is 6.54 Å². The molecule has 1 saturated carbocycles. The Hall–Kier alpha value is -2.64. The molecule has 2 N–H and O–H groups in total. The monoisotopic (exact) mass is 305 g/mol. The molecule has 2 aromatic rings. The lowest BCUT2D eigenvalue weighted by molar-refractivity contribution is 0.0951. The second kappa shape index (κ2) is 7.08. The van der Waals surface area contributed by atoms with Gasteiger partial charge in [-0.1, -0.05) is 42.5 Å². The lowest BCUT2D eigenvalue weighted by atomic mass is 10.1. The topological polar surface area (TPSA) is 64.9 Å². The molecule has 3 rings (SSSR count). The number of carbonyl (C=O) groups excluding carboxylic acids is 1. The maximum absolute atomic E-state index is 12.2. The summed E-state index contributed by atoms with van der Waals surface area (Å²) in [4.78, 5) is 12.2. The lowest BCUT2D eigenvalue weighted by Gasteiger charge is -2.06. The minimum absolute atomic E-state index is 0.0599. The fourth-order valence-corrected chi connectivity index (χ4v) is 2.73. The molecule has 0 radical (unpaired) electrons. The molecule has 0 bridgehead atoms. The number of nitrogens with one attached hydrogen (secondary N) is 2. The van der Waals surface area contributed by atoms with Crippen LogP contribution in [0.3, 0.4) is 0 Å². The van der Waals surface area contributed by atoms with E-state index in [0.717, 1.165) is 12.0 Å². The summed E-state index contributed by atoms with van der Waals surface area (Å²) in [7, 11) is 0. The molecule has 116 valence electrons. The van der Waals surface area contributed by atoms with Crippen molar-refractivity contribution in [1.29, 1.82) is 5.26 Å². The summed E-state index contributed by atoms with van der Waals surface area (Å²) in [5, 5.41) is 14.7. The van der Waals surface area contributed by atoms with Gasteiger partial charge in [-0.2, -0.15) is 5.26 Å². The molecule has 4 nitrogen and oxygen atoms in total. The Bertz CT molecular complexity index is 704. The van der Waals surface area contributed by atoms with Gasteiger partial charge in [-0.05, 0) is 29.7 Å². The number of rotatable bonds is 6. The van der Waals surface area contributed by atoms with Gasteiger partial charge in [-0.25, -0.2) is 0 Å². The summed E-state index contributed by atoms with van der Waals surface area (Å²) in [5.41, 5.74) is 2.98. The first-order chi connectivity index (χ1) is 11.3. The Morgan fingerprint density at radius 2 is 1.87 bits per heavy atom. The Morgan fingerprint density at radius 1 is 1.13 bits per heavy atom. The van der Waals surface area contributed by atoms with Crippen LogP contribution in [0.1, 0.15) is 33.8 Å². The summed E-state index contributed by atoms with van der Waals surface area (Å²) in [5.74, 6) is 0.403. The molecule has 0 saturated heterocycles. The molecule has 0 heterocycles. The first kappa shape index (κ1) is 15.3. The predicted octanol–water partition coefficient (Wildman–Crippen LogP) is 2.59. The number of nitrogens with zero attached hydrogens (tertiary/aromatic N) is 1. The third-order valence-corrected chi connectivity index (χ3v) is 4.13. The van der Waals surface area contributed by atoms with E-state index >= 15 is 0 Å². The highest BCUT2D eigenvalue weighted by molar-refractivity contribution is 5.94. The highest BCUT2D eigenvalue weighted by Gasteiger charge is 2.37. The molecule has 0 spiro atoms. The van der Waals surface area contributed by atoms with Gasteiger partial charge in [-0.15, -0.1) is 0 Å². The summed E-state index contributed by atoms with van der Waals surface area (Å²) in [6.07, 6.45) is 1.06. The minimum atomic E-state index is -0.0599. The molecule has 0 aromatic heterocycles. The molecular formula is C19H19N3O. The van der Waals surface area contributed by atoms with Crippen LogP contribution in [-0.2, 0) is 6.54 Å². The molecule has 1 fully saturated rings. The van der Waals surface area contributed by atoms with Gasteiger partial charge in [0.1, 0.15) is 0 Å². The van der Waals surface area contributed by atoms with Crippen LogP contribution in [-0.4, -0.2) is 18.5 Å². The van der Waals surface area contributed by atoms with Crippen LogP contribution in [0.4, 0.5) is 0 Å². The van der Waals surface area contributed by atoms with E-state index in [-0.39, 0.29) is 5.91 Å². The average Bonchev–Trinajstić information content (AvgIpc) is 3.38. The Labute approximate surface area is 136 Å². The maximum Gasteiger partial charge on any atom is 0.251 e. The fourth-order valence-electron chi connectivity index (χ4n) is 2.73. The van der Waals surface area contributed by atoms with Crippen LogP contribution >= 0.6 is 0 Å². The van der Waals surface area contributed by atoms with Crippen molar-refractivity contribution in [3.05, 3.63) is 71.3 Å². The smallest absolute Gasteiger partial charge is 0.251 e. The van der Waals surface area contributed by atoms with Gasteiger partial charge < -0.3 is 10.6 Å². The molecule has 0 unspecified atom stereocenters. The second-order valence-corrected chi connectivity index (χ2v) is 5.78. The van der Waals surface area contributed by atoms with Gasteiger partial charge >= 0.3 is 0 Å². The number of nitriles is 1. The second-order valence-electron chi connectivity index (χ2n) is 5.78. The Morgan fingerprint density at radius 3 is 2.57 bits per heavy atom. The van der Waals surface area contributed by atoms with Crippen LogP contribution in [0.2, 0.25) is 0 Å². The number of hydrogen-bond acceptors (Lipinski definition) is 3. The van der Waals surface area contributed by atoms with Crippen molar-refractivity contribution >= 4 is 5.91 Å². The van der Waals surface area contributed by atoms with Crippen LogP contribution < -0.4 is 10.6 Å². The third kappa shape index (κ3) is 3.97. The molecule has 23 heavy (non-hydrogen) atoms. The van der Waals surface area contributed by atoms with Crippen LogP contribution in [0, 0.1) is 11.3 Å². The minimum Gasteiger partial charge on any atom is -0.348 e. The largest absolute Gasteiger partial charge is 0.348 e. The zero-order valence-electron chi connectivity index (χ0n) is 12.8. The van der Waals surface area contributed by atoms with Gasteiger partial charge in [0, 0.05) is 24.1 Å². The first-order valence-corrected chi connectivity index (χ1v) is 7.80. The quantitative estimate of drug-likeness (QED) is 0.806. The van der Waals surface area contributed by atoms with Gasteiger partial charge in [0.2, 0.25) is 0 Å². The van der Waals surface area contributed by atoms with E-state index in [1.54, 1.807) is 0 Å². The SMILES string of the molecule is N#CCN[C@@H]1C[C@H]1c1ccc(C(=O)NCc2ccccc2)cc1. The third-order valence-electron chi connectivity index (χ3n) is 4.13. The zero-order chi connectivity index (χ0) is 16.1. The molecular weight excluding hydrogens is 286 g/mol. The molecule has 1 aliphatic rings. The van der Waals surface area contributed by atoms with Gasteiger partial charge in [0.15, 0.2) is 0 Å². The zero-order valence-corrected chi connectivity index (χ0v) is 12.8. The molecule has 4 heteroatoms. The van der Waals surface area contributed by atoms with Gasteiger partial charge in [0.25, 0.3) is 5.91 Å². The van der Waals surface area contributed by atoms with E-state index in [4.69, 9.17) is 5.26 Å². The number of carbonyl (C=O) groups is 1. The lowest BCUT2D eigenvalue weighted by Crippen LogP contribution is -2.22. The van der Waals surface area contributed by atoms with Crippen molar-refractivity contribution in [2.24, 2.45) is 0 Å². The fraction of sp³-hybridized carbons (Fsp3) is 0.263. The summed E-state index contributed by atoms with van der Waals surface area (Å²) in [6.45, 7) is 0.922. The van der Waals surface area contributed by atoms with Crippen molar-refractivity contribution in [3.8, 4) is 6.07 Å². The Kier molecular flexibility index (Phi) is 4.70. The number of benzene rings is 2. The summed E-state index contributed by atoms with van der Waals surface area (Å²) in [6, 6.07) is 20.1. The van der Waals surface area contributed by atoms with Crippen LogP contribution in [0.5, 0.6) is 0 Å². The van der Waals surface area contributed by atoms with Gasteiger partial charge in [-0.3, -0.25) is 4.79 Å². The average molecular weight is 305 g/mol. The molecule has 1 amide bonds. The normalized spacial score (nSPS) is 18.9. The highest BCUT2D eigenvalue weighted by Crippen LogP contribution is 2.40. The molecule has 0 aliphatic heterocycles. The van der Waals surface area contributed by atoms with E-state index < -0.39 is 0 Å². The Balaban J connectivity index is 1.53. The summed E-state index contributed by atoms with van der Waals surface area (Å²) >= 11 is 0. The maximum atomic E-state index is 12.2. The van der Waals surface area contributed by atoms with Crippen molar-refractivity contribution < 1.29 is 4.79 Å². The summed E-state index contributed by atoms with van der Waals surface area (Å²) < 4.78 is 0. The van der Waals surface area contributed by atoms with E-state index in [1.165, 1.54) is 5.56 Å². The van der Waals surface area contributed by atoms with Gasteiger partial charge in [0.05, 0.1) is 12.6 Å². The van der Waals surface area contributed by atoms with E-state index in [0.29, 0.717) is 30.6 Å². The van der Waals surface area contributed by atoms with E-state index in [9.17, 15) is 4.79 Å². The van der Waals surface area contributed by atoms with Crippen LogP contribution in [0.25, 0.3) is 0 Å². The number of hydrogen-bond donors (Lipinski definition) is 2. The highest BCUT2D eigenvalue weighted by atomic mass is 16.1.